The lowest BCUT2D eigenvalue weighted by atomic mass is 10.1. The number of hydrogen-bond donors (Lipinski definition) is 1. The molecule has 2 aromatic heterocycles. The van der Waals surface area contributed by atoms with Crippen LogP contribution in [0.15, 0.2) is 24.5 Å². The van der Waals surface area contributed by atoms with Crippen LogP contribution in [0.4, 0.5) is 0 Å². The lowest BCUT2D eigenvalue weighted by Gasteiger charge is -2.35. The first-order chi connectivity index (χ1) is 9.74. The van der Waals surface area contributed by atoms with Crippen molar-refractivity contribution >= 4 is 0 Å². The van der Waals surface area contributed by atoms with Crippen LogP contribution in [0.5, 0.6) is 0 Å². The first-order valence-corrected chi connectivity index (χ1v) is 6.88. The molecule has 1 N–H and O–H groups in total. The number of nitrogens with one attached hydrogen (secondary N) is 1. The minimum Gasteiger partial charge on any atom is -0.367 e. The van der Waals surface area contributed by atoms with Gasteiger partial charge in [-0.2, -0.15) is 5.10 Å². The maximum atomic E-state index is 5.79. The van der Waals surface area contributed by atoms with Crippen molar-refractivity contribution in [1.29, 1.82) is 0 Å². The van der Waals surface area contributed by atoms with Gasteiger partial charge in [0.15, 0.2) is 5.82 Å². The molecule has 1 aliphatic heterocycles. The van der Waals surface area contributed by atoms with Crippen molar-refractivity contribution in [3.8, 4) is 0 Å². The van der Waals surface area contributed by atoms with Crippen LogP contribution < -0.4 is 0 Å². The number of nitrogens with zero attached hydrogens (tertiary/aromatic N) is 4. The molecule has 0 radical (unpaired) electrons. The Bertz CT molecular complexity index is 556. The van der Waals surface area contributed by atoms with Gasteiger partial charge < -0.3 is 4.74 Å². The van der Waals surface area contributed by atoms with Crippen LogP contribution in [0.1, 0.15) is 36.3 Å². The highest BCUT2D eigenvalue weighted by molar-refractivity contribution is 5.13. The molecular formula is C14H19N5O. The molecule has 2 atom stereocenters. The van der Waals surface area contributed by atoms with Crippen molar-refractivity contribution in [2.75, 3.05) is 19.7 Å². The third kappa shape index (κ3) is 2.71. The van der Waals surface area contributed by atoms with E-state index in [1.807, 2.05) is 19.2 Å². The highest BCUT2D eigenvalue weighted by atomic mass is 16.5. The van der Waals surface area contributed by atoms with Gasteiger partial charge in [-0.3, -0.25) is 15.0 Å². The number of aromatic amines is 1. The zero-order valence-electron chi connectivity index (χ0n) is 11.8. The van der Waals surface area contributed by atoms with Crippen molar-refractivity contribution in [2.45, 2.75) is 26.0 Å². The van der Waals surface area contributed by atoms with E-state index < -0.39 is 0 Å². The smallest absolute Gasteiger partial charge is 0.180 e. The average Bonchev–Trinajstić information content (AvgIpc) is 2.94. The van der Waals surface area contributed by atoms with Crippen LogP contribution >= 0.6 is 0 Å². The largest absolute Gasteiger partial charge is 0.367 e. The molecule has 2 unspecified atom stereocenters. The Morgan fingerprint density at radius 1 is 1.50 bits per heavy atom. The lowest BCUT2D eigenvalue weighted by molar-refractivity contribution is -0.0470. The van der Waals surface area contributed by atoms with Crippen LogP contribution in [-0.2, 0) is 4.74 Å². The van der Waals surface area contributed by atoms with Gasteiger partial charge in [-0.15, -0.1) is 0 Å². The van der Waals surface area contributed by atoms with E-state index in [9.17, 15) is 0 Å². The molecule has 0 saturated carbocycles. The van der Waals surface area contributed by atoms with Crippen molar-refractivity contribution in [2.24, 2.45) is 0 Å². The van der Waals surface area contributed by atoms with Gasteiger partial charge >= 0.3 is 0 Å². The molecule has 20 heavy (non-hydrogen) atoms. The molecule has 3 heterocycles. The summed E-state index contributed by atoms with van der Waals surface area (Å²) in [5, 5.41) is 7.08. The van der Waals surface area contributed by atoms with E-state index in [1.165, 1.54) is 5.56 Å². The Balaban J connectivity index is 1.72. The molecule has 3 rings (SSSR count). The van der Waals surface area contributed by atoms with E-state index >= 15 is 0 Å². The fourth-order valence-corrected chi connectivity index (χ4v) is 2.52. The third-order valence-corrected chi connectivity index (χ3v) is 3.71. The molecule has 0 spiro atoms. The van der Waals surface area contributed by atoms with Gasteiger partial charge in [-0.1, -0.05) is 6.07 Å². The number of aromatic nitrogens is 4. The SMILES string of the molecule is Cc1nc(C2CN(C(C)c3cccnc3)CCO2)n[nH]1. The zero-order chi connectivity index (χ0) is 13.9. The van der Waals surface area contributed by atoms with Crippen molar-refractivity contribution in [3.05, 3.63) is 41.7 Å². The molecule has 0 amide bonds. The first kappa shape index (κ1) is 13.2. The Labute approximate surface area is 118 Å². The molecule has 0 aromatic carbocycles. The fraction of sp³-hybridized carbons (Fsp3) is 0.500. The van der Waals surface area contributed by atoms with Crippen LogP contribution in [-0.4, -0.2) is 44.8 Å². The van der Waals surface area contributed by atoms with E-state index in [-0.39, 0.29) is 6.10 Å². The second kappa shape index (κ2) is 5.68. The summed E-state index contributed by atoms with van der Waals surface area (Å²) >= 11 is 0. The molecule has 1 saturated heterocycles. The zero-order valence-corrected chi connectivity index (χ0v) is 11.8. The maximum absolute atomic E-state index is 5.79. The van der Waals surface area contributed by atoms with Gasteiger partial charge in [-0.05, 0) is 25.5 Å². The van der Waals surface area contributed by atoms with Gasteiger partial charge in [0.1, 0.15) is 11.9 Å². The summed E-state index contributed by atoms with van der Waals surface area (Å²) in [6.45, 7) is 6.50. The van der Waals surface area contributed by atoms with E-state index in [1.54, 1.807) is 6.20 Å². The van der Waals surface area contributed by atoms with Gasteiger partial charge in [0.05, 0.1) is 6.61 Å². The summed E-state index contributed by atoms with van der Waals surface area (Å²) in [6.07, 6.45) is 3.66. The Morgan fingerprint density at radius 3 is 3.10 bits per heavy atom. The monoisotopic (exact) mass is 273 g/mol. The average molecular weight is 273 g/mol. The van der Waals surface area contributed by atoms with E-state index in [2.05, 4.69) is 38.1 Å². The molecular weight excluding hydrogens is 254 g/mol. The minimum atomic E-state index is -0.0622. The lowest BCUT2D eigenvalue weighted by Crippen LogP contribution is -2.40. The molecule has 0 aliphatic carbocycles. The van der Waals surface area contributed by atoms with Gasteiger partial charge in [0, 0.05) is 31.5 Å². The number of pyridine rings is 1. The van der Waals surface area contributed by atoms with Crippen molar-refractivity contribution in [1.82, 2.24) is 25.1 Å². The van der Waals surface area contributed by atoms with Crippen LogP contribution in [0.2, 0.25) is 0 Å². The minimum absolute atomic E-state index is 0.0622. The molecule has 6 nitrogen and oxygen atoms in total. The molecule has 0 bridgehead atoms. The van der Waals surface area contributed by atoms with Gasteiger partial charge in [0.2, 0.25) is 0 Å². The van der Waals surface area contributed by atoms with Crippen molar-refractivity contribution in [3.63, 3.8) is 0 Å². The number of ether oxygens (including phenoxy) is 1. The summed E-state index contributed by atoms with van der Waals surface area (Å²) in [4.78, 5) is 10.9. The standard InChI is InChI=1S/C14H19N5O/c1-10(12-4-3-5-15-8-12)19-6-7-20-13(9-19)14-16-11(2)17-18-14/h3-5,8,10,13H,6-7,9H2,1-2H3,(H,16,17,18). The summed E-state index contributed by atoms with van der Waals surface area (Å²) in [5.74, 6) is 1.56. The number of hydrogen-bond acceptors (Lipinski definition) is 5. The summed E-state index contributed by atoms with van der Waals surface area (Å²) in [7, 11) is 0. The normalized spacial score (nSPS) is 21.8. The highest BCUT2D eigenvalue weighted by Crippen LogP contribution is 2.26. The van der Waals surface area contributed by atoms with Gasteiger partial charge in [-0.25, -0.2) is 4.98 Å². The highest BCUT2D eigenvalue weighted by Gasteiger charge is 2.28. The van der Waals surface area contributed by atoms with Crippen LogP contribution in [0.3, 0.4) is 0 Å². The van der Waals surface area contributed by atoms with Crippen molar-refractivity contribution < 1.29 is 4.74 Å². The van der Waals surface area contributed by atoms with Gasteiger partial charge in [0.25, 0.3) is 0 Å². The molecule has 6 heteroatoms. The van der Waals surface area contributed by atoms with E-state index in [4.69, 9.17) is 4.74 Å². The second-order valence-corrected chi connectivity index (χ2v) is 5.10. The summed E-state index contributed by atoms with van der Waals surface area (Å²) < 4.78 is 5.79. The predicted octanol–water partition coefficient (Wildman–Crippen LogP) is 1.64. The second-order valence-electron chi connectivity index (χ2n) is 5.10. The topological polar surface area (TPSA) is 66.9 Å². The maximum Gasteiger partial charge on any atom is 0.180 e. The van der Waals surface area contributed by atoms with E-state index in [0.29, 0.717) is 12.6 Å². The molecule has 2 aromatic rings. The van der Waals surface area contributed by atoms with Crippen LogP contribution in [0, 0.1) is 6.92 Å². The quantitative estimate of drug-likeness (QED) is 0.921. The fourth-order valence-electron chi connectivity index (χ4n) is 2.52. The Hall–Kier alpha value is -1.79. The Kier molecular flexibility index (Phi) is 3.75. The summed E-state index contributed by atoms with van der Waals surface area (Å²) in [6, 6.07) is 4.40. The van der Waals surface area contributed by atoms with E-state index in [0.717, 1.165) is 24.7 Å². The molecule has 1 aliphatic rings. The Morgan fingerprint density at radius 2 is 2.40 bits per heavy atom. The number of H-pyrrole nitrogens is 1. The summed E-state index contributed by atoms with van der Waals surface area (Å²) in [5.41, 5.74) is 1.22. The molecule has 106 valence electrons. The number of morpholine rings is 1. The number of aryl methyl sites for hydroxylation is 1. The number of rotatable bonds is 3. The predicted molar refractivity (Wildman–Crippen MR) is 74.0 cm³/mol. The first-order valence-electron chi connectivity index (χ1n) is 6.88. The van der Waals surface area contributed by atoms with Crippen LogP contribution in [0.25, 0.3) is 0 Å². The molecule has 1 fully saturated rings. The third-order valence-electron chi connectivity index (χ3n) is 3.71.